The smallest absolute Gasteiger partial charge is 0.302 e. The van der Waals surface area contributed by atoms with Crippen molar-refractivity contribution in [1.82, 2.24) is 0 Å². The molecule has 0 radical (unpaired) electrons. The van der Waals surface area contributed by atoms with Gasteiger partial charge in [-0.05, 0) is 58.4 Å². The highest BCUT2D eigenvalue weighted by molar-refractivity contribution is 6.22. The quantitative estimate of drug-likeness (QED) is 0.368. The lowest BCUT2D eigenvalue weighted by Crippen LogP contribution is -2.66. The van der Waals surface area contributed by atoms with Crippen molar-refractivity contribution in [3.05, 3.63) is 23.0 Å². The molecule has 9 atom stereocenters. The van der Waals surface area contributed by atoms with E-state index in [2.05, 4.69) is 6.92 Å². The van der Waals surface area contributed by atoms with Gasteiger partial charge in [0.25, 0.3) is 0 Å². The lowest BCUT2D eigenvalue weighted by Gasteiger charge is -2.62. The summed E-state index contributed by atoms with van der Waals surface area (Å²) in [7, 11) is 1.58. The Morgan fingerprint density at radius 1 is 1.21 bits per heavy atom. The third kappa shape index (κ3) is 5.02. The Labute approximate surface area is 232 Å². The highest BCUT2D eigenvalue weighted by atomic mass is 16.5. The van der Waals surface area contributed by atoms with E-state index in [0.29, 0.717) is 24.8 Å². The second-order valence-electron chi connectivity index (χ2n) is 13.2. The second kappa shape index (κ2) is 10.4. The maximum atomic E-state index is 14.0. The zero-order valence-electron chi connectivity index (χ0n) is 25.0. The van der Waals surface area contributed by atoms with Gasteiger partial charge >= 0.3 is 5.97 Å². The van der Waals surface area contributed by atoms with E-state index in [4.69, 9.17) is 18.9 Å². The molecule has 2 heterocycles. The number of fused-ring (bicyclic) bond motifs is 3. The summed E-state index contributed by atoms with van der Waals surface area (Å²) in [5.74, 6) is -1.71. The van der Waals surface area contributed by atoms with Crippen LogP contribution >= 0.6 is 0 Å². The fourth-order valence-corrected chi connectivity index (χ4v) is 7.67. The molecule has 8 nitrogen and oxygen atoms in total. The fraction of sp³-hybridized carbons (Fsp3) is 0.774. The van der Waals surface area contributed by atoms with Crippen molar-refractivity contribution in [1.29, 1.82) is 0 Å². The van der Waals surface area contributed by atoms with Crippen molar-refractivity contribution in [2.75, 3.05) is 7.11 Å². The summed E-state index contributed by atoms with van der Waals surface area (Å²) in [6.07, 6.45) is 3.33. The standard InChI is InChI=1S/C31H46O8/c1-10-16(2)25(37-18(4)32)17(3)19-15-20(33)23-26(24(19)34)39-31(8)14-12-22-30(7,28(31)27(23)36-9)13-11-21(38-22)29(5,6)35/h15-17,21-22,25,27-28,35H,10-14H2,1-9H3. The minimum absolute atomic E-state index is 0.00164. The molecule has 0 aromatic heterocycles. The number of carbonyl (C=O) groups excluding carboxylic acids is 3. The molecule has 0 amide bonds. The molecule has 2 fully saturated rings. The first-order valence-electron chi connectivity index (χ1n) is 14.4. The highest BCUT2D eigenvalue weighted by Crippen LogP contribution is 2.60. The highest BCUT2D eigenvalue weighted by Gasteiger charge is 2.65. The van der Waals surface area contributed by atoms with Gasteiger partial charge in [-0.3, -0.25) is 14.4 Å². The van der Waals surface area contributed by atoms with E-state index in [1.807, 2.05) is 27.7 Å². The molecule has 0 spiro atoms. The Balaban J connectivity index is 1.71. The molecule has 4 rings (SSSR count). The van der Waals surface area contributed by atoms with E-state index in [9.17, 15) is 19.5 Å². The van der Waals surface area contributed by atoms with Gasteiger partial charge in [-0.15, -0.1) is 0 Å². The van der Waals surface area contributed by atoms with E-state index >= 15 is 0 Å². The van der Waals surface area contributed by atoms with Gasteiger partial charge in [0, 0.05) is 36.9 Å². The summed E-state index contributed by atoms with van der Waals surface area (Å²) >= 11 is 0. The number of hydrogen-bond donors (Lipinski definition) is 1. The van der Waals surface area contributed by atoms with Crippen LogP contribution in [0.4, 0.5) is 0 Å². The van der Waals surface area contributed by atoms with Crippen molar-refractivity contribution >= 4 is 17.5 Å². The Morgan fingerprint density at radius 3 is 2.44 bits per heavy atom. The van der Waals surface area contributed by atoms with Crippen LogP contribution in [0.3, 0.4) is 0 Å². The van der Waals surface area contributed by atoms with E-state index in [1.54, 1.807) is 21.0 Å². The van der Waals surface area contributed by atoms with Crippen LogP contribution in [0, 0.1) is 23.2 Å². The van der Waals surface area contributed by atoms with Gasteiger partial charge in [-0.2, -0.15) is 0 Å². The molecule has 0 bridgehead atoms. The summed E-state index contributed by atoms with van der Waals surface area (Å²) in [4.78, 5) is 39.6. The van der Waals surface area contributed by atoms with Crippen LogP contribution in [-0.4, -0.2) is 65.4 Å². The second-order valence-corrected chi connectivity index (χ2v) is 13.2. The summed E-state index contributed by atoms with van der Waals surface area (Å²) in [6.45, 7) is 14.9. The molecule has 2 aliphatic carbocycles. The zero-order valence-corrected chi connectivity index (χ0v) is 25.0. The summed E-state index contributed by atoms with van der Waals surface area (Å²) < 4.78 is 24.8. The number of rotatable bonds is 7. The predicted octanol–water partition coefficient (Wildman–Crippen LogP) is 4.47. The Bertz CT molecular complexity index is 1080. The van der Waals surface area contributed by atoms with Crippen molar-refractivity contribution in [3.63, 3.8) is 0 Å². The van der Waals surface area contributed by atoms with Crippen LogP contribution in [0.2, 0.25) is 0 Å². The van der Waals surface area contributed by atoms with Crippen molar-refractivity contribution in [2.24, 2.45) is 23.2 Å². The molecular formula is C31H46O8. The summed E-state index contributed by atoms with van der Waals surface area (Å²) in [6, 6.07) is 0. The number of methoxy groups -OCH3 is 1. The number of hydrogen-bond acceptors (Lipinski definition) is 8. The van der Waals surface area contributed by atoms with Crippen LogP contribution in [0.25, 0.3) is 0 Å². The summed E-state index contributed by atoms with van der Waals surface area (Å²) in [5, 5.41) is 10.6. The molecule has 218 valence electrons. The van der Waals surface area contributed by atoms with Gasteiger partial charge in [-0.25, -0.2) is 0 Å². The van der Waals surface area contributed by atoms with Gasteiger partial charge in [0.05, 0.1) is 29.5 Å². The Hall–Kier alpha value is -2.03. The van der Waals surface area contributed by atoms with E-state index in [1.165, 1.54) is 13.0 Å². The average Bonchev–Trinajstić information content (AvgIpc) is 2.85. The van der Waals surface area contributed by atoms with E-state index in [-0.39, 0.29) is 52.4 Å². The van der Waals surface area contributed by atoms with Gasteiger partial charge in [0.2, 0.25) is 5.78 Å². The Kier molecular flexibility index (Phi) is 8.00. The molecule has 1 saturated carbocycles. The molecule has 1 saturated heterocycles. The van der Waals surface area contributed by atoms with Gasteiger partial charge in [-0.1, -0.05) is 34.1 Å². The van der Waals surface area contributed by atoms with Crippen LogP contribution < -0.4 is 0 Å². The third-order valence-electron chi connectivity index (χ3n) is 10.0. The number of aliphatic hydroxyl groups is 1. The largest absolute Gasteiger partial charge is 0.482 e. The van der Waals surface area contributed by atoms with Crippen LogP contribution in [0.1, 0.15) is 87.5 Å². The van der Waals surface area contributed by atoms with Crippen LogP contribution in [-0.2, 0) is 33.3 Å². The number of ketones is 2. The van der Waals surface area contributed by atoms with Crippen LogP contribution in [0.15, 0.2) is 23.0 Å². The normalized spacial score (nSPS) is 37.0. The first kappa shape index (κ1) is 29.9. The molecular weight excluding hydrogens is 500 g/mol. The SMILES string of the molecule is CCC(C)C(OC(C)=O)C(C)C1=CC(=O)C2=C(OC3(C)CCC4OC(C(C)(C)O)CCC4(C)C3C2OC)C1=O. The van der Waals surface area contributed by atoms with Gasteiger partial charge in [0.15, 0.2) is 11.5 Å². The number of ether oxygens (including phenoxy) is 4. The molecule has 39 heavy (non-hydrogen) atoms. The lowest BCUT2D eigenvalue weighted by molar-refractivity contribution is -0.262. The Morgan fingerprint density at radius 2 is 1.87 bits per heavy atom. The van der Waals surface area contributed by atoms with Crippen molar-refractivity contribution in [3.8, 4) is 0 Å². The monoisotopic (exact) mass is 546 g/mol. The molecule has 0 aromatic rings. The number of esters is 1. The maximum absolute atomic E-state index is 14.0. The zero-order chi connectivity index (χ0) is 29.1. The fourth-order valence-electron chi connectivity index (χ4n) is 7.67. The molecule has 8 heteroatoms. The number of carbonyl (C=O) groups is 3. The first-order valence-corrected chi connectivity index (χ1v) is 14.4. The third-order valence-corrected chi connectivity index (χ3v) is 10.0. The molecule has 2 aliphatic heterocycles. The minimum Gasteiger partial charge on any atom is -0.482 e. The van der Waals surface area contributed by atoms with Gasteiger partial charge < -0.3 is 24.1 Å². The van der Waals surface area contributed by atoms with Crippen molar-refractivity contribution < 1.29 is 38.4 Å². The van der Waals surface area contributed by atoms with E-state index in [0.717, 1.165) is 12.8 Å². The molecule has 1 N–H and O–H groups in total. The number of allylic oxidation sites excluding steroid dienone is 2. The van der Waals surface area contributed by atoms with E-state index < -0.39 is 35.3 Å². The number of Topliss-reactive ketones (excluding diaryl/α,β-unsaturated/α-hetero) is 1. The first-order chi connectivity index (χ1) is 18.1. The lowest BCUT2D eigenvalue weighted by atomic mass is 9.52. The van der Waals surface area contributed by atoms with Gasteiger partial charge in [0.1, 0.15) is 11.7 Å². The van der Waals surface area contributed by atoms with Crippen LogP contribution in [0.5, 0.6) is 0 Å². The molecule has 4 aliphatic rings. The predicted molar refractivity (Wildman–Crippen MR) is 145 cm³/mol. The molecule has 0 aromatic carbocycles. The molecule has 9 unspecified atom stereocenters. The summed E-state index contributed by atoms with van der Waals surface area (Å²) in [5.41, 5.74) is -1.52. The average molecular weight is 547 g/mol. The topological polar surface area (TPSA) is 108 Å². The van der Waals surface area contributed by atoms with Crippen molar-refractivity contribution in [2.45, 2.75) is 123 Å². The minimum atomic E-state index is -0.954. The maximum Gasteiger partial charge on any atom is 0.302 e.